The third-order valence-corrected chi connectivity index (χ3v) is 5.12. The van der Waals surface area contributed by atoms with Crippen molar-refractivity contribution in [2.45, 2.75) is 19.3 Å². The van der Waals surface area contributed by atoms with Gasteiger partial charge in [0.25, 0.3) is 5.91 Å². The first-order valence-electron chi connectivity index (χ1n) is 10.5. The van der Waals surface area contributed by atoms with Gasteiger partial charge >= 0.3 is 6.03 Å². The van der Waals surface area contributed by atoms with Gasteiger partial charge in [-0.05, 0) is 49.6 Å². The number of urea groups is 1. The molecule has 0 atom stereocenters. The quantitative estimate of drug-likeness (QED) is 0.560. The maximum Gasteiger partial charge on any atom is 0.323 e. The minimum absolute atomic E-state index is 0.186. The molecule has 0 aromatic heterocycles. The van der Waals surface area contributed by atoms with Gasteiger partial charge in [0.05, 0.1) is 19.3 Å². The lowest BCUT2D eigenvalue weighted by Gasteiger charge is -2.30. The molecule has 0 unspecified atom stereocenters. The summed E-state index contributed by atoms with van der Waals surface area (Å²) in [6.07, 6.45) is 3.41. The Morgan fingerprint density at radius 3 is 2.42 bits per heavy atom. The van der Waals surface area contributed by atoms with E-state index in [9.17, 15) is 9.59 Å². The molecule has 0 saturated carbocycles. The second kappa shape index (κ2) is 11.2. The zero-order chi connectivity index (χ0) is 22.1. The number of hydrogen-bond donors (Lipinski definition) is 3. The van der Waals surface area contributed by atoms with Crippen LogP contribution in [0.2, 0.25) is 0 Å². The number of carbonyl (C=O) groups excluding carboxylic acids is 2. The third kappa shape index (κ3) is 6.36. The topological polar surface area (TPSA) is 91.9 Å². The van der Waals surface area contributed by atoms with Crippen LogP contribution in [0.25, 0.3) is 0 Å². The number of carbonyl (C=O) groups is 2. The lowest BCUT2D eigenvalue weighted by molar-refractivity contribution is 0.0937. The molecule has 3 N–H and O–H groups in total. The van der Waals surface area contributed by atoms with Crippen LogP contribution in [0.1, 0.15) is 29.6 Å². The van der Waals surface area contributed by atoms with Crippen LogP contribution in [0.4, 0.5) is 21.9 Å². The number of nitrogens with one attached hydrogen (secondary N) is 3. The number of hydrogen-bond acceptors (Lipinski definition) is 5. The maximum atomic E-state index is 12.8. The van der Waals surface area contributed by atoms with Crippen LogP contribution in [0.5, 0.6) is 5.75 Å². The minimum Gasteiger partial charge on any atom is -0.497 e. The van der Waals surface area contributed by atoms with Gasteiger partial charge in [-0.3, -0.25) is 4.79 Å². The third-order valence-electron chi connectivity index (χ3n) is 5.12. The molecule has 2 aromatic rings. The van der Waals surface area contributed by atoms with Crippen LogP contribution in [0.15, 0.2) is 42.5 Å². The van der Waals surface area contributed by atoms with Gasteiger partial charge in [-0.2, -0.15) is 0 Å². The second-order valence-electron chi connectivity index (χ2n) is 7.34. The molecule has 2 aromatic carbocycles. The molecule has 3 amide bonds. The molecule has 0 radical (unpaired) electrons. The molecule has 166 valence electrons. The molecule has 1 heterocycles. The number of rotatable bonds is 8. The molecule has 1 aliphatic rings. The Morgan fingerprint density at radius 2 is 1.71 bits per heavy atom. The summed E-state index contributed by atoms with van der Waals surface area (Å²) in [5.74, 6) is 0.466. The van der Waals surface area contributed by atoms with Crippen molar-refractivity contribution in [3.63, 3.8) is 0 Å². The highest BCUT2D eigenvalue weighted by atomic mass is 16.5. The van der Waals surface area contributed by atoms with E-state index in [1.54, 1.807) is 44.6 Å². The van der Waals surface area contributed by atoms with Gasteiger partial charge in [0, 0.05) is 49.9 Å². The van der Waals surface area contributed by atoms with Gasteiger partial charge in [0.2, 0.25) is 0 Å². The molecule has 8 heteroatoms. The maximum absolute atomic E-state index is 12.8. The summed E-state index contributed by atoms with van der Waals surface area (Å²) < 4.78 is 10.2. The van der Waals surface area contributed by atoms with E-state index >= 15 is 0 Å². The van der Waals surface area contributed by atoms with Crippen LogP contribution in [-0.2, 0) is 4.74 Å². The Bertz CT molecular complexity index is 897. The predicted octanol–water partition coefficient (Wildman–Crippen LogP) is 3.71. The van der Waals surface area contributed by atoms with Crippen LogP contribution in [0.3, 0.4) is 0 Å². The SMILES string of the molecule is COCCNC(=O)c1cc(NC(=O)Nc2cccc(OC)c2)ccc1N1CCCCC1. The van der Waals surface area contributed by atoms with E-state index in [-0.39, 0.29) is 5.91 Å². The van der Waals surface area contributed by atoms with Crippen molar-refractivity contribution in [2.75, 3.05) is 56.0 Å². The average Bonchev–Trinajstić information content (AvgIpc) is 2.79. The van der Waals surface area contributed by atoms with Crippen molar-refractivity contribution in [1.29, 1.82) is 0 Å². The fourth-order valence-electron chi connectivity index (χ4n) is 3.56. The largest absolute Gasteiger partial charge is 0.497 e. The number of anilines is 3. The molecule has 31 heavy (non-hydrogen) atoms. The Labute approximate surface area is 182 Å². The van der Waals surface area contributed by atoms with E-state index < -0.39 is 6.03 Å². The molecule has 0 spiro atoms. The van der Waals surface area contributed by atoms with E-state index in [0.29, 0.717) is 35.8 Å². The smallest absolute Gasteiger partial charge is 0.323 e. The van der Waals surface area contributed by atoms with Crippen molar-refractivity contribution in [1.82, 2.24) is 5.32 Å². The highest BCUT2D eigenvalue weighted by molar-refractivity contribution is 6.04. The molecular formula is C23H30N4O4. The summed E-state index contributed by atoms with van der Waals surface area (Å²) in [6, 6.07) is 12.1. The first kappa shape index (κ1) is 22.4. The fourth-order valence-corrected chi connectivity index (χ4v) is 3.56. The zero-order valence-corrected chi connectivity index (χ0v) is 18.1. The Hall–Kier alpha value is -3.26. The number of piperidine rings is 1. The van der Waals surface area contributed by atoms with Gasteiger partial charge in [-0.15, -0.1) is 0 Å². The number of benzene rings is 2. The summed E-state index contributed by atoms with van der Waals surface area (Å²) in [5, 5.41) is 8.46. The van der Waals surface area contributed by atoms with Crippen molar-refractivity contribution >= 4 is 29.0 Å². The van der Waals surface area contributed by atoms with E-state index in [2.05, 4.69) is 20.9 Å². The number of ether oxygens (including phenoxy) is 2. The van der Waals surface area contributed by atoms with Gasteiger partial charge in [-0.1, -0.05) is 6.07 Å². The Balaban J connectivity index is 1.75. The molecule has 1 aliphatic heterocycles. The van der Waals surface area contributed by atoms with Crippen LogP contribution in [0, 0.1) is 0 Å². The molecule has 3 rings (SSSR count). The summed E-state index contributed by atoms with van der Waals surface area (Å²) >= 11 is 0. The van der Waals surface area contributed by atoms with E-state index in [4.69, 9.17) is 9.47 Å². The Morgan fingerprint density at radius 1 is 0.968 bits per heavy atom. The van der Waals surface area contributed by atoms with E-state index in [0.717, 1.165) is 31.6 Å². The van der Waals surface area contributed by atoms with Crippen molar-refractivity contribution < 1.29 is 19.1 Å². The number of nitrogens with zero attached hydrogens (tertiary/aromatic N) is 1. The van der Waals surface area contributed by atoms with E-state index in [1.165, 1.54) is 6.42 Å². The fraction of sp³-hybridized carbons (Fsp3) is 0.391. The van der Waals surface area contributed by atoms with Gasteiger partial charge < -0.3 is 30.3 Å². The first-order valence-corrected chi connectivity index (χ1v) is 10.5. The summed E-state index contributed by atoms with van der Waals surface area (Å²) in [6.45, 7) is 2.69. The molecule has 8 nitrogen and oxygen atoms in total. The van der Waals surface area contributed by atoms with Gasteiger partial charge in [0.15, 0.2) is 0 Å². The molecule has 0 bridgehead atoms. The lowest BCUT2D eigenvalue weighted by Crippen LogP contribution is -2.33. The predicted molar refractivity (Wildman–Crippen MR) is 122 cm³/mol. The van der Waals surface area contributed by atoms with E-state index in [1.807, 2.05) is 12.1 Å². The zero-order valence-electron chi connectivity index (χ0n) is 18.1. The molecule has 0 aliphatic carbocycles. The van der Waals surface area contributed by atoms with Crippen molar-refractivity contribution in [2.24, 2.45) is 0 Å². The minimum atomic E-state index is -0.398. The normalized spacial score (nSPS) is 13.4. The number of amides is 3. The average molecular weight is 427 g/mol. The van der Waals surface area contributed by atoms with Crippen LogP contribution >= 0.6 is 0 Å². The number of methoxy groups -OCH3 is 2. The summed E-state index contributed by atoms with van der Waals surface area (Å²) in [5.41, 5.74) is 2.57. The molecular weight excluding hydrogens is 396 g/mol. The van der Waals surface area contributed by atoms with Crippen molar-refractivity contribution in [3.8, 4) is 5.75 Å². The van der Waals surface area contributed by atoms with Gasteiger partial charge in [0.1, 0.15) is 5.75 Å². The Kier molecular flexibility index (Phi) is 8.12. The standard InChI is InChI=1S/C23H30N4O4/c1-30-14-11-24-22(28)20-16-18(9-10-21(20)27-12-4-3-5-13-27)26-23(29)25-17-7-6-8-19(15-17)31-2/h6-10,15-16H,3-5,11-14H2,1-2H3,(H,24,28)(H2,25,26,29). The highest BCUT2D eigenvalue weighted by Gasteiger charge is 2.19. The summed E-state index contributed by atoms with van der Waals surface area (Å²) in [4.78, 5) is 27.5. The summed E-state index contributed by atoms with van der Waals surface area (Å²) in [7, 11) is 3.17. The van der Waals surface area contributed by atoms with Crippen LogP contribution < -0.4 is 25.6 Å². The first-order chi connectivity index (χ1) is 15.1. The molecule has 1 saturated heterocycles. The lowest BCUT2D eigenvalue weighted by atomic mass is 10.1. The molecule has 1 fully saturated rings. The van der Waals surface area contributed by atoms with Gasteiger partial charge in [-0.25, -0.2) is 4.79 Å². The highest BCUT2D eigenvalue weighted by Crippen LogP contribution is 2.27. The van der Waals surface area contributed by atoms with Crippen molar-refractivity contribution in [3.05, 3.63) is 48.0 Å². The van der Waals surface area contributed by atoms with Crippen LogP contribution in [-0.4, -0.2) is 52.4 Å². The monoisotopic (exact) mass is 426 g/mol. The second-order valence-corrected chi connectivity index (χ2v) is 7.34.